The quantitative estimate of drug-likeness (QED) is 0.708. The maximum Gasteiger partial charge on any atom is 0.330 e. The van der Waals surface area contributed by atoms with Crippen LogP contribution in [0.4, 0.5) is 0 Å². The second kappa shape index (κ2) is 8.12. The van der Waals surface area contributed by atoms with Crippen LogP contribution >= 0.6 is 0 Å². The van der Waals surface area contributed by atoms with Crippen molar-refractivity contribution < 1.29 is 24.2 Å². The molecule has 1 unspecified atom stereocenters. The number of hydrogen-bond acceptors (Lipinski definition) is 4. The first-order valence-corrected chi connectivity index (χ1v) is 8.98. The lowest BCUT2D eigenvalue weighted by Gasteiger charge is -2.16. The number of aliphatic carboxylic acids is 1. The van der Waals surface area contributed by atoms with Gasteiger partial charge in [0.25, 0.3) is 5.91 Å². The molecule has 0 aromatic heterocycles. The highest BCUT2D eigenvalue weighted by Gasteiger charge is 2.24. The van der Waals surface area contributed by atoms with E-state index in [9.17, 15) is 19.5 Å². The van der Waals surface area contributed by atoms with E-state index >= 15 is 0 Å². The molecule has 28 heavy (non-hydrogen) atoms. The molecule has 0 spiro atoms. The summed E-state index contributed by atoms with van der Waals surface area (Å²) in [5.41, 5.74) is 3.87. The molecule has 0 bridgehead atoms. The number of amides is 2. The average Bonchev–Trinajstić information content (AvgIpc) is 3.13. The first-order chi connectivity index (χ1) is 13.3. The fourth-order valence-electron chi connectivity index (χ4n) is 3.03. The van der Waals surface area contributed by atoms with E-state index in [-0.39, 0.29) is 12.5 Å². The SMILES string of the molecule is Cc1ccc(C(=O)NCC(=O)NC(C(=O)O)c2ccc3c(c2)CCO3)cc1C. The molecular formula is C21H22N2O5. The number of benzene rings is 2. The second-order valence-corrected chi connectivity index (χ2v) is 6.79. The molecule has 146 valence electrons. The Balaban J connectivity index is 1.62. The Morgan fingerprint density at radius 2 is 1.89 bits per heavy atom. The van der Waals surface area contributed by atoms with Crippen molar-refractivity contribution in [2.45, 2.75) is 26.3 Å². The van der Waals surface area contributed by atoms with Gasteiger partial charge >= 0.3 is 5.97 Å². The van der Waals surface area contributed by atoms with Gasteiger partial charge in [-0.25, -0.2) is 4.79 Å². The average molecular weight is 382 g/mol. The van der Waals surface area contributed by atoms with Gasteiger partial charge in [0.15, 0.2) is 6.04 Å². The number of fused-ring (bicyclic) bond motifs is 1. The maximum absolute atomic E-state index is 12.2. The van der Waals surface area contributed by atoms with E-state index in [1.165, 1.54) is 0 Å². The summed E-state index contributed by atoms with van der Waals surface area (Å²) in [6.07, 6.45) is 0.704. The summed E-state index contributed by atoms with van der Waals surface area (Å²) in [6, 6.07) is 9.13. The summed E-state index contributed by atoms with van der Waals surface area (Å²) >= 11 is 0. The van der Waals surface area contributed by atoms with Gasteiger partial charge in [-0.1, -0.05) is 12.1 Å². The van der Waals surface area contributed by atoms with Gasteiger partial charge in [-0.15, -0.1) is 0 Å². The van der Waals surface area contributed by atoms with E-state index in [1.807, 2.05) is 19.9 Å². The molecule has 0 saturated carbocycles. The Morgan fingerprint density at radius 3 is 2.61 bits per heavy atom. The molecule has 0 fully saturated rings. The first kappa shape index (κ1) is 19.4. The van der Waals surface area contributed by atoms with Crippen LogP contribution in [-0.4, -0.2) is 36.0 Å². The van der Waals surface area contributed by atoms with Crippen molar-refractivity contribution in [1.82, 2.24) is 10.6 Å². The fourth-order valence-corrected chi connectivity index (χ4v) is 3.03. The number of carbonyl (C=O) groups excluding carboxylic acids is 2. The van der Waals surface area contributed by atoms with E-state index in [2.05, 4.69) is 10.6 Å². The minimum Gasteiger partial charge on any atom is -0.493 e. The largest absolute Gasteiger partial charge is 0.493 e. The van der Waals surface area contributed by atoms with Gasteiger partial charge < -0.3 is 20.5 Å². The molecule has 2 aromatic rings. The minimum atomic E-state index is -1.20. The molecule has 2 amide bonds. The Kier molecular flexibility index (Phi) is 5.63. The van der Waals surface area contributed by atoms with Gasteiger partial charge in [0.05, 0.1) is 13.2 Å². The van der Waals surface area contributed by atoms with E-state index in [1.54, 1.807) is 30.3 Å². The van der Waals surface area contributed by atoms with E-state index in [4.69, 9.17) is 4.74 Å². The number of carboxylic acid groups (broad SMARTS) is 1. The monoisotopic (exact) mass is 382 g/mol. The van der Waals surface area contributed by atoms with Crippen molar-refractivity contribution in [2.75, 3.05) is 13.2 Å². The summed E-state index contributed by atoms with van der Waals surface area (Å²) in [5, 5.41) is 14.5. The summed E-state index contributed by atoms with van der Waals surface area (Å²) in [5.74, 6) is -1.41. The standard InChI is InChI=1S/C21H22N2O5/c1-12-3-4-16(9-13(12)2)20(25)22-11-18(24)23-19(21(26)27)15-5-6-17-14(10-15)7-8-28-17/h3-6,9-10,19H,7-8,11H2,1-2H3,(H,22,25)(H,23,24)(H,26,27). The highest BCUT2D eigenvalue weighted by molar-refractivity contribution is 5.97. The van der Waals surface area contributed by atoms with Gasteiger partial charge in [0, 0.05) is 12.0 Å². The number of aryl methyl sites for hydroxylation is 2. The van der Waals surface area contributed by atoms with Crippen molar-refractivity contribution >= 4 is 17.8 Å². The molecule has 7 heteroatoms. The van der Waals surface area contributed by atoms with Crippen LogP contribution in [0.25, 0.3) is 0 Å². The van der Waals surface area contributed by atoms with Crippen LogP contribution in [0, 0.1) is 13.8 Å². The zero-order valence-corrected chi connectivity index (χ0v) is 15.7. The van der Waals surface area contributed by atoms with E-state index in [0.29, 0.717) is 24.2 Å². The molecule has 1 aliphatic rings. The molecule has 1 aliphatic heterocycles. The van der Waals surface area contributed by atoms with Gasteiger partial charge in [0.1, 0.15) is 5.75 Å². The van der Waals surface area contributed by atoms with Crippen LogP contribution in [0.5, 0.6) is 5.75 Å². The summed E-state index contributed by atoms with van der Waals surface area (Å²) in [4.78, 5) is 36.0. The smallest absolute Gasteiger partial charge is 0.330 e. The van der Waals surface area contributed by atoms with Gasteiger partial charge in [-0.05, 0) is 60.4 Å². The zero-order chi connectivity index (χ0) is 20.3. The number of carbonyl (C=O) groups is 3. The number of ether oxygens (including phenoxy) is 1. The lowest BCUT2D eigenvalue weighted by Crippen LogP contribution is -2.41. The molecule has 7 nitrogen and oxygen atoms in total. The van der Waals surface area contributed by atoms with Crippen molar-refractivity contribution in [2.24, 2.45) is 0 Å². The minimum absolute atomic E-state index is 0.316. The molecule has 1 atom stereocenters. The predicted octanol–water partition coefficient (Wildman–Crippen LogP) is 1.91. The third-order valence-electron chi connectivity index (χ3n) is 4.78. The van der Waals surface area contributed by atoms with Crippen LogP contribution in [0.3, 0.4) is 0 Å². The molecule has 0 aliphatic carbocycles. The first-order valence-electron chi connectivity index (χ1n) is 8.98. The number of carboxylic acids is 1. The Hall–Kier alpha value is -3.35. The van der Waals surface area contributed by atoms with E-state index in [0.717, 1.165) is 22.4 Å². The van der Waals surface area contributed by atoms with Crippen LogP contribution in [0.15, 0.2) is 36.4 Å². The topological polar surface area (TPSA) is 105 Å². The molecular weight excluding hydrogens is 360 g/mol. The van der Waals surface area contributed by atoms with Crippen molar-refractivity contribution in [1.29, 1.82) is 0 Å². The van der Waals surface area contributed by atoms with Crippen LogP contribution in [0.2, 0.25) is 0 Å². The van der Waals surface area contributed by atoms with Gasteiger partial charge in [-0.3, -0.25) is 9.59 Å². The summed E-state index contributed by atoms with van der Waals surface area (Å²) in [7, 11) is 0. The van der Waals surface area contributed by atoms with Gasteiger partial charge in [0.2, 0.25) is 5.91 Å². The predicted molar refractivity (Wildman–Crippen MR) is 102 cm³/mol. The molecule has 2 aromatic carbocycles. The number of nitrogens with one attached hydrogen (secondary N) is 2. The summed E-state index contributed by atoms with van der Waals surface area (Å²) < 4.78 is 5.42. The molecule has 1 heterocycles. The highest BCUT2D eigenvalue weighted by atomic mass is 16.5. The zero-order valence-electron chi connectivity index (χ0n) is 15.7. The lowest BCUT2D eigenvalue weighted by molar-refractivity contribution is -0.141. The second-order valence-electron chi connectivity index (χ2n) is 6.79. The van der Waals surface area contributed by atoms with Crippen LogP contribution in [-0.2, 0) is 16.0 Å². The normalized spacial score (nSPS) is 13.2. The maximum atomic E-state index is 12.2. The Labute approximate surface area is 162 Å². The third-order valence-corrected chi connectivity index (χ3v) is 4.78. The Morgan fingerprint density at radius 1 is 1.11 bits per heavy atom. The van der Waals surface area contributed by atoms with Crippen molar-refractivity contribution in [3.8, 4) is 5.75 Å². The Bertz CT molecular complexity index is 938. The molecule has 3 rings (SSSR count). The van der Waals surface area contributed by atoms with Gasteiger partial charge in [-0.2, -0.15) is 0 Å². The fraction of sp³-hybridized carbons (Fsp3) is 0.286. The number of hydrogen-bond donors (Lipinski definition) is 3. The van der Waals surface area contributed by atoms with Crippen molar-refractivity contribution in [3.63, 3.8) is 0 Å². The highest BCUT2D eigenvalue weighted by Crippen LogP contribution is 2.28. The van der Waals surface area contributed by atoms with E-state index < -0.39 is 17.9 Å². The lowest BCUT2D eigenvalue weighted by atomic mass is 10.0. The van der Waals surface area contributed by atoms with Crippen molar-refractivity contribution in [3.05, 3.63) is 64.2 Å². The van der Waals surface area contributed by atoms with Crippen LogP contribution < -0.4 is 15.4 Å². The summed E-state index contributed by atoms with van der Waals surface area (Å²) in [6.45, 7) is 4.09. The number of rotatable bonds is 6. The molecule has 3 N–H and O–H groups in total. The third kappa shape index (κ3) is 4.31. The molecule has 0 saturated heterocycles. The van der Waals surface area contributed by atoms with Crippen LogP contribution in [0.1, 0.15) is 38.7 Å². The molecule has 0 radical (unpaired) electrons.